The molecule has 0 saturated carbocycles. The van der Waals surface area contributed by atoms with E-state index in [2.05, 4.69) is 55.8 Å². The SMILES string of the molecule is CN1CCCOC(COc2nccc(CO[Si](C)(C)C(C)(C)C)n2)C1. The normalized spacial score (nSPS) is 20.3. The lowest BCUT2D eigenvalue weighted by atomic mass is 10.2. The summed E-state index contributed by atoms with van der Waals surface area (Å²) in [5.74, 6) is 0. The van der Waals surface area contributed by atoms with Crippen LogP contribution in [0.25, 0.3) is 0 Å². The van der Waals surface area contributed by atoms with Gasteiger partial charge in [-0.15, -0.1) is 0 Å². The average Bonchev–Trinajstić information content (AvgIpc) is 2.74. The highest BCUT2D eigenvalue weighted by atomic mass is 28.4. The van der Waals surface area contributed by atoms with E-state index in [9.17, 15) is 0 Å². The van der Waals surface area contributed by atoms with Crippen molar-refractivity contribution in [1.82, 2.24) is 14.9 Å². The average molecular weight is 368 g/mol. The molecule has 0 aromatic carbocycles. The fourth-order valence-electron chi connectivity index (χ4n) is 2.34. The molecule has 2 heterocycles. The van der Waals surface area contributed by atoms with E-state index in [0.29, 0.717) is 19.2 Å². The van der Waals surface area contributed by atoms with E-state index in [1.807, 2.05) is 6.07 Å². The van der Waals surface area contributed by atoms with Crippen molar-refractivity contribution in [3.05, 3.63) is 18.0 Å². The molecule has 1 aliphatic heterocycles. The van der Waals surface area contributed by atoms with Crippen LogP contribution in [0.2, 0.25) is 18.1 Å². The third-order valence-corrected chi connectivity index (χ3v) is 9.51. The Balaban J connectivity index is 1.88. The molecule has 1 aromatic rings. The van der Waals surface area contributed by atoms with Gasteiger partial charge in [0.05, 0.1) is 12.3 Å². The van der Waals surface area contributed by atoms with E-state index < -0.39 is 8.32 Å². The van der Waals surface area contributed by atoms with Gasteiger partial charge in [-0.3, -0.25) is 0 Å². The van der Waals surface area contributed by atoms with E-state index in [-0.39, 0.29) is 11.1 Å². The molecule has 25 heavy (non-hydrogen) atoms. The molecular weight excluding hydrogens is 334 g/mol. The van der Waals surface area contributed by atoms with Gasteiger partial charge in [0.15, 0.2) is 8.32 Å². The van der Waals surface area contributed by atoms with E-state index >= 15 is 0 Å². The molecular formula is C18H33N3O3Si. The number of ether oxygens (including phenoxy) is 2. The summed E-state index contributed by atoms with van der Waals surface area (Å²) >= 11 is 0. The predicted octanol–water partition coefficient (Wildman–Crippen LogP) is 3.10. The highest BCUT2D eigenvalue weighted by molar-refractivity contribution is 6.74. The fourth-order valence-corrected chi connectivity index (χ4v) is 3.28. The smallest absolute Gasteiger partial charge is 0.316 e. The fraction of sp³-hybridized carbons (Fsp3) is 0.778. The van der Waals surface area contributed by atoms with Crippen LogP contribution in [-0.2, 0) is 15.8 Å². The molecule has 0 N–H and O–H groups in total. The minimum Gasteiger partial charge on any atom is -0.461 e. The monoisotopic (exact) mass is 367 g/mol. The molecule has 1 aromatic heterocycles. The third kappa shape index (κ3) is 6.33. The summed E-state index contributed by atoms with van der Waals surface area (Å²) in [6.07, 6.45) is 2.85. The van der Waals surface area contributed by atoms with E-state index in [1.54, 1.807) is 6.20 Å². The van der Waals surface area contributed by atoms with Crippen molar-refractivity contribution in [3.8, 4) is 6.01 Å². The van der Waals surface area contributed by atoms with Gasteiger partial charge in [0.2, 0.25) is 0 Å². The van der Waals surface area contributed by atoms with Crippen LogP contribution >= 0.6 is 0 Å². The molecule has 0 aliphatic carbocycles. The van der Waals surface area contributed by atoms with Crippen molar-refractivity contribution in [2.24, 2.45) is 0 Å². The Morgan fingerprint density at radius 2 is 2.12 bits per heavy atom. The summed E-state index contributed by atoms with van der Waals surface area (Å²) in [6.45, 7) is 14.9. The topological polar surface area (TPSA) is 56.7 Å². The van der Waals surface area contributed by atoms with Gasteiger partial charge in [0.25, 0.3) is 0 Å². The zero-order chi connectivity index (χ0) is 18.5. The second-order valence-corrected chi connectivity index (χ2v) is 13.1. The zero-order valence-corrected chi connectivity index (χ0v) is 17.5. The van der Waals surface area contributed by atoms with E-state index in [0.717, 1.165) is 31.8 Å². The van der Waals surface area contributed by atoms with Gasteiger partial charge in [-0.2, -0.15) is 4.98 Å². The summed E-state index contributed by atoms with van der Waals surface area (Å²) in [4.78, 5) is 11.0. The maximum atomic E-state index is 6.22. The Bertz CT molecular complexity index is 549. The Morgan fingerprint density at radius 1 is 1.36 bits per heavy atom. The molecule has 0 spiro atoms. The first kappa shape index (κ1) is 20.3. The molecule has 1 fully saturated rings. The molecule has 142 valence electrons. The van der Waals surface area contributed by atoms with Crippen LogP contribution in [0.1, 0.15) is 32.9 Å². The highest BCUT2D eigenvalue weighted by Gasteiger charge is 2.37. The Hall–Kier alpha value is -1.02. The maximum absolute atomic E-state index is 6.22. The largest absolute Gasteiger partial charge is 0.461 e. The van der Waals surface area contributed by atoms with Crippen molar-refractivity contribution in [3.63, 3.8) is 0 Å². The minimum absolute atomic E-state index is 0.0586. The molecule has 7 heteroatoms. The second-order valence-electron chi connectivity index (χ2n) is 8.30. The van der Waals surface area contributed by atoms with Gasteiger partial charge < -0.3 is 18.8 Å². The van der Waals surface area contributed by atoms with Crippen LogP contribution in [0.15, 0.2) is 12.3 Å². The lowest BCUT2D eigenvalue weighted by Crippen LogP contribution is -2.40. The van der Waals surface area contributed by atoms with E-state index in [1.165, 1.54) is 0 Å². The van der Waals surface area contributed by atoms with Gasteiger partial charge in [-0.25, -0.2) is 4.98 Å². The summed E-state index contributed by atoms with van der Waals surface area (Å²) in [6, 6.07) is 2.28. The van der Waals surface area contributed by atoms with E-state index in [4.69, 9.17) is 13.9 Å². The number of nitrogens with zero attached hydrogens (tertiary/aromatic N) is 3. The van der Waals surface area contributed by atoms with Gasteiger partial charge in [-0.1, -0.05) is 20.8 Å². The molecule has 2 rings (SSSR count). The molecule has 6 nitrogen and oxygen atoms in total. The first-order chi connectivity index (χ1) is 11.7. The third-order valence-electron chi connectivity index (χ3n) is 5.03. The highest BCUT2D eigenvalue weighted by Crippen LogP contribution is 2.36. The summed E-state index contributed by atoms with van der Waals surface area (Å²) < 4.78 is 17.8. The Kier molecular flexibility index (Phi) is 6.96. The van der Waals surface area contributed by atoms with Gasteiger partial charge in [-0.05, 0) is 37.7 Å². The summed E-state index contributed by atoms with van der Waals surface area (Å²) in [7, 11) is 0.318. The first-order valence-electron chi connectivity index (χ1n) is 9.06. The van der Waals surface area contributed by atoms with Crippen molar-refractivity contribution in [1.29, 1.82) is 0 Å². The maximum Gasteiger partial charge on any atom is 0.316 e. The minimum atomic E-state index is -1.79. The van der Waals surface area contributed by atoms with Crippen LogP contribution in [0, 0.1) is 0 Å². The van der Waals surface area contributed by atoms with Gasteiger partial charge >= 0.3 is 6.01 Å². The molecule has 0 bridgehead atoms. The molecule has 1 saturated heterocycles. The molecule has 1 unspecified atom stereocenters. The second kappa shape index (κ2) is 8.57. The van der Waals surface area contributed by atoms with Crippen molar-refractivity contribution in [2.75, 3.05) is 33.4 Å². The summed E-state index contributed by atoms with van der Waals surface area (Å²) in [5, 5.41) is 0.183. The molecule has 1 atom stereocenters. The number of aromatic nitrogens is 2. The van der Waals surface area contributed by atoms with Gasteiger partial charge in [0.1, 0.15) is 12.7 Å². The van der Waals surface area contributed by atoms with Crippen LogP contribution in [-0.4, -0.2) is 62.6 Å². The number of likely N-dealkylation sites (N-methyl/N-ethyl adjacent to an activating group) is 1. The number of hydrogen-bond acceptors (Lipinski definition) is 6. The number of hydrogen-bond donors (Lipinski definition) is 0. The Labute approximate surface area is 153 Å². The van der Waals surface area contributed by atoms with Crippen LogP contribution < -0.4 is 4.74 Å². The molecule has 0 radical (unpaired) electrons. The lowest BCUT2D eigenvalue weighted by Gasteiger charge is -2.36. The number of rotatable bonds is 6. The predicted molar refractivity (Wildman–Crippen MR) is 101 cm³/mol. The van der Waals surface area contributed by atoms with Crippen LogP contribution in [0.4, 0.5) is 0 Å². The first-order valence-corrected chi connectivity index (χ1v) is 12.0. The van der Waals surface area contributed by atoms with Crippen LogP contribution in [0.3, 0.4) is 0 Å². The van der Waals surface area contributed by atoms with Crippen molar-refractivity contribution >= 4 is 8.32 Å². The van der Waals surface area contributed by atoms with Crippen LogP contribution in [0.5, 0.6) is 6.01 Å². The van der Waals surface area contributed by atoms with Crippen molar-refractivity contribution < 1.29 is 13.9 Å². The molecule has 1 aliphatic rings. The summed E-state index contributed by atoms with van der Waals surface area (Å²) in [5.41, 5.74) is 0.855. The zero-order valence-electron chi connectivity index (χ0n) is 16.5. The quantitative estimate of drug-likeness (QED) is 0.720. The van der Waals surface area contributed by atoms with Gasteiger partial charge in [0, 0.05) is 25.9 Å². The Morgan fingerprint density at radius 3 is 2.84 bits per heavy atom. The lowest BCUT2D eigenvalue weighted by molar-refractivity contribution is 0.0208. The van der Waals surface area contributed by atoms with Crippen molar-refractivity contribution in [2.45, 2.75) is 58.0 Å². The standard InChI is InChI=1S/C18H33N3O3Si/c1-18(2,3)25(5,6)24-13-15-8-9-19-17(20-15)23-14-16-12-21(4)10-7-11-22-16/h8-9,16H,7,10-14H2,1-6H3. The molecule has 0 amide bonds.